The first kappa shape index (κ1) is 34.9. The van der Waals surface area contributed by atoms with Gasteiger partial charge in [0.05, 0.1) is 28.0 Å². The Balaban J connectivity index is 0. The van der Waals surface area contributed by atoms with Crippen LogP contribution in [0, 0.1) is 0 Å². The number of rotatable bonds is 6. The van der Waals surface area contributed by atoms with Crippen molar-refractivity contribution in [3.63, 3.8) is 0 Å². The second-order valence-electron chi connectivity index (χ2n) is 5.59. The third-order valence-electron chi connectivity index (χ3n) is 3.41. The minimum absolute atomic E-state index is 0. The van der Waals surface area contributed by atoms with Crippen LogP contribution < -0.4 is 91.2 Å². The third-order valence-corrected chi connectivity index (χ3v) is 5.14. The largest absolute Gasteiger partial charge is 1.00 e. The van der Waals surface area contributed by atoms with E-state index in [1.807, 2.05) is 0 Å². The maximum atomic E-state index is 10.8. The van der Waals surface area contributed by atoms with Crippen molar-refractivity contribution in [1.29, 1.82) is 0 Å². The number of carboxylic acids is 4. The Morgan fingerprint density at radius 2 is 1.12 bits per heavy atom. The van der Waals surface area contributed by atoms with E-state index in [4.69, 9.17) is 19.3 Å². The summed E-state index contributed by atoms with van der Waals surface area (Å²) >= 11 is 0. The molecular weight excluding hydrogens is 542 g/mol. The molecule has 0 aromatic heterocycles. The summed E-state index contributed by atoms with van der Waals surface area (Å²) < 4.78 is 60.5. The van der Waals surface area contributed by atoms with Crippen molar-refractivity contribution in [2.45, 2.75) is 9.79 Å². The maximum absolute atomic E-state index is 10.8. The predicted octanol–water partition coefficient (Wildman–Crippen LogP) is -8.00. The first-order valence-electron chi connectivity index (χ1n) is 7.58. The van der Waals surface area contributed by atoms with Crippen molar-refractivity contribution in [3.05, 3.63) is 58.7 Å². The molecule has 0 bridgehead atoms. The molecule has 18 heteroatoms. The average molecular weight is 552 g/mol. The molecule has 0 saturated carbocycles. The van der Waals surface area contributed by atoms with Gasteiger partial charge in [0.2, 0.25) is 0 Å². The molecule has 0 unspecified atom stereocenters. The Hall–Kier alpha value is -1.22. The van der Waals surface area contributed by atoms with Crippen molar-refractivity contribution in [2.75, 3.05) is 0 Å². The predicted molar refractivity (Wildman–Crippen MR) is 95.1 cm³/mol. The summed E-state index contributed by atoms with van der Waals surface area (Å²) in [6.45, 7) is 0. The second-order valence-corrected chi connectivity index (χ2v) is 8.40. The molecular formula is C16H10KNaO14S2. The van der Waals surface area contributed by atoms with Crippen LogP contribution in [0.4, 0.5) is 0 Å². The van der Waals surface area contributed by atoms with Gasteiger partial charge in [0.25, 0.3) is 20.2 Å². The van der Waals surface area contributed by atoms with E-state index in [1.54, 1.807) is 0 Å². The Kier molecular flexibility index (Phi) is 14.1. The molecule has 0 fully saturated rings. The molecule has 0 atom stereocenters. The van der Waals surface area contributed by atoms with Crippen molar-refractivity contribution in [3.8, 4) is 0 Å². The molecule has 0 amide bonds. The summed E-state index contributed by atoms with van der Waals surface area (Å²) in [6, 6.07) is 4.14. The van der Waals surface area contributed by atoms with Gasteiger partial charge in [0.1, 0.15) is 4.90 Å². The monoisotopic (exact) mass is 552 g/mol. The van der Waals surface area contributed by atoms with Crippen molar-refractivity contribution >= 4 is 44.1 Å². The van der Waals surface area contributed by atoms with E-state index < -0.39 is 76.2 Å². The fourth-order valence-electron chi connectivity index (χ4n) is 2.03. The second kappa shape index (κ2) is 13.8. The number of hydrogen-bond acceptors (Lipinski definition) is 10. The van der Waals surface area contributed by atoms with E-state index in [0.717, 1.165) is 12.1 Å². The van der Waals surface area contributed by atoms with E-state index in [2.05, 4.69) is 0 Å². The smallest absolute Gasteiger partial charge is 0.545 e. The van der Waals surface area contributed by atoms with Gasteiger partial charge < -0.3 is 30.0 Å². The minimum atomic E-state index is -4.85. The molecule has 34 heavy (non-hydrogen) atoms. The quantitative estimate of drug-likeness (QED) is 0.192. The summed E-state index contributed by atoms with van der Waals surface area (Å²) in [4.78, 5) is 40.3. The number of aromatic carboxylic acids is 4. The molecule has 14 nitrogen and oxygen atoms in total. The van der Waals surface area contributed by atoms with Crippen LogP contribution in [-0.2, 0) is 20.2 Å². The van der Waals surface area contributed by atoms with Crippen LogP contribution >= 0.6 is 0 Å². The minimum Gasteiger partial charge on any atom is -0.545 e. The van der Waals surface area contributed by atoms with Crippen LogP contribution in [0.3, 0.4) is 0 Å². The summed E-state index contributed by atoms with van der Waals surface area (Å²) in [5.74, 6) is -6.53. The van der Waals surface area contributed by atoms with Gasteiger partial charge in [-0.3, -0.25) is 9.11 Å². The fraction of sp³-hybridized carbons (Fsp3) is 0. The van der Waals surface area contributed by atoms with Gasteiger partial charge >= 0.3 is 92.9 Å². The molecule has 2 aromatic carbocycles. The third kappa shape index (κ3) is 10.2. The van der Waals surface area contributed by atoms with Crippen LogP contribution in [0.25, 0.3) is 0 Å². The molecule has 2 rings (SSSR count). The van der Waals surface area contributed by atoms with Gasteiger partial charge in [-0.1, -0.05) is 12.1 Å². The van der Waals surface area contributed by atoms with Crippen LogP contribution in [0.2, 0.25) is 0 Å². The number of benzene rings is 2. The van der Waals surface area contributed by atoms with E-state index in [0.29, 0.717) is 24.3 Å². The molecule has 0 heterocycles. The Bertz CT molecular complexity index is 1300. The van der Waals surface area contributed by atoms with Gasteiger partial charge in [-0.15, -0.1) is 0 Å². The van der Waals surface area contributed by atoms with Crippen LogP contribution in [0.15, 0.2) is 46.2 Å². The molecule has 172 valence electrons. The standard InChI is InChI=1S/2C8H6O7S.K.Na/c9-7(10)4-1-5(8(11)12)3-6(2-4)16(13,14)15;9-7(10)4-1-2-5(8(11)12)6(3-4)16(13,14)15;;/h2*1-3H,(H,9,10)(H,11,12)(H,13,14,15);;/q;;2*+1/p-2. The summed E-state index contributed by atoms with van der Waals surface area (Å²) in [5, 5.41) is 38.1. The number of carboxylic acid groups (broad SMARTS) is 4. The van der Waals surface area contributed by atoms with Gasteiger partial charge in [-0.25, -0.2) is 9.59 Å². The summed E-state index contributed by atoms with van der Waals surface area (Å²) in [7, 11) is -9.49. The zero-order valence-electron chi connectivity index (χ0n) is 17.2. The van der Waals surface area contributed by atoms with Gasteiger partial charge in [0.15, 0.2) is 0 Å². The molecule has 2 aromatic rings. The number of carbonyl (C=O) groups excluding carboxylic acids is 2. The topological polar surface area (TPSA) is 264 Å². The summed E-state index contributed by atoms with van der Waals surface area (Å²) in [5.41, 5.74) is -2.47. The van der Waals surface area contributed by atoms with Crippen LogP contribution in [0.1, 0.15) is 41.4 Å². The average Bonchev–Trinajstić information content (AvgIpc) is 2.66. The first-order chi connectivity index (χ1) is 14.4. The zero-order valence-corrected chi connectivity index (χ0v) is 23.9. The summed E-state index contributed by atoms with van der Waals surface area (Å²) in [6.07, 6.45) is 0. The molecule has 0 saturated heterocycles. The molecule has 0 aliphatic heterocycles. The molecule has 0 spiro atoms. The van der Waals surface area contributed by atoms with E-state index in [-0.39, 0.29) is 80.9 Å². The Morgan fingerprint density at radius 1 is 0.676 bits per heavy atom. The van der Waals surface area contributed by atoms with E-state index in [9.17, 15) is 46.2 Å². The van der Waals surface area contributed by atoms with E-state index in [1.165, 1.54) is 0 Å². The van der Waals surface area contributed by atoms with E-state index >= 15 is 0 Å². The van der Waals surface area contributed by atoms with Crippen molar-refractivity contribution in [1.82, 2.24) is 0 Å². The molecule has 0 aliphatic rings. The maximum Gasteiger partial charge on any atom is 1.00 e. The Labute approximate surface area is 255 Å². The van der Waals surface area contributed by atoms with Gasteiger partial charge in [-0.2, -0.15) is 16.8 Å². The van der Waals surface area contributed by atoms with Crippen LogP contribution in [0.5, 0.6) is 0 Å². The number of carbonyl (C=O) groups is 4. The van der Waals surface area contributed by atoms with Crippen molar-refractivity contribution in [2.24, 2.45) is 0 Å². The van der Waals surface area contributed by atoms with Gasteiger partial charge in [0, 0.05) is 5.56 Å². The van der Waals surface area contributed by atoms with Crippen LogP contribution in [-0.4, -0.2) is 60.0 Å². The number of hydrogen-bond donors (Lipinski definition) is 4. The van der Waals surface area contributed by atoms with Crippen molar-refractivity contribution < 1.29 is 146 Å². The molecule has 0 radical (unpaired) electrons. The fourth-order valence-corrected chi connectivity index (χ4v) is 3.28. The zero-order chi connectivity index (χ0) is 25.0. The Morgan fingerprint density at radius 3 is 1.41 bits per heavy atom. The molecule has 4 N–H and O–H groups in total. The first-order valence-corrected chi connectivity index (χ1v) is 10.5. The normalized spacial score (nSPS) is 10.4. The molecule has 0 aliphatic carbocycles. The van der Waals surface area contributed by atoms with Gasteiger partial charge in [-0.05, 0) is 29.8 Å². The SMILES string of the molecule is O=C(O)c1cc(C(=O)O)cc(S(=O)(=O)O)c1.O=C([O-])c1ccc(C(=O)[O-])c(S(=O)(=O)O)c1.[K+].[Na+].